The highest BCUT2D eigenvalue weighted by molar-refractivity contribution is 6.05. The molecule has 0 saturated heterocycles. The van der Waals surface area contributed by atoms with Crippen molar-refractivity contribution >= 4 is 16.8 Å². The highest BCUT2D eigenvalue weighted by atomic mass is 19.4. The fourth-order valence-electron chi connectivity index (χ4n) is 3.95. The van der Waals surface area contributed by atoms with Crippen molar-refractivity contribution < 1.29 is 31.9 Å². The van der Waals surface area contributed by atoms with Crippen LogP contribution in [0.3, 0.4) is 0 Å². The fourth-order valence-corrected chi connectivity index (χ4v) is 3.95. The van der Waals surface area contributed by atoms with Crippen molar-refractivity contribution in [2.45, 2.75) is 38.2 Å². The van der Waals surface area contributed by atoms with Crippen LogP contribution in [-0.4, -0.2) is 48.0 Å². The van der Waals surface area contributed by atoms with Crippen LogP contribution in [0.2, 0.25) is 0 Å². The van der Waals surface area contributed by atoms with Crippen LogP contribution in [0.15, 0.2) is 18.3 Å². The van der Waals surface area contributed by atoms with Gasteiger partial charge in [-0.1, -0.05) is 0 Å². The molecule has 3 heterocycles. The van der Waals surface area contributed by atoms with Gasteiger partial charge in [-0.2, -0.15) is 18.3 Å². The van der Waals surface area contributed by atoms with Gasteiger partial charge >= 0.3 is 6.18 Å². The van der Waals surface area contributed by atoms with Gasteiger partial charge in [-0.25, -0.2) is 13.8 Å². The van der Waals surface area contributed by atoms with Gasteiger partial charge in [0.25, 0.3) is 5.91 Å². The number of fused-ring (bicyclic) bond motifs is 2. The van der Waals surface area contributed by atoms with Crippen LogP contribution in [0, 0.1) is 11.6 Å². The summed E-state index contributed by atoms with van der Waals surface area (Å²) in [6, 6.07) is 1.01. The molecule has 0 radical (unpaired) electrons. The zero-order valence-electron chi connectivity index (χ0n) is 16.7. The molecule has 0 aliphatic carbocycles. The molecule has 0 bridgehead atoms. The molecule has 12 heteroatoms. The number of hydrogen-bond donors (Lipinski definition) is 1. The van der Waals surface area contributed by atoms with E-state index in [-0.39, 0.29) is 35.4 Å². The number of carbonyl (C=O) groups excluding carboxylic acids is 1. The summed E-state index contributed by atoms with van der Waals surface area (Å²) >= 11 is 0. The van der Waals surface area contributed by atoms with E-state index in [1.165, 1.54) is 22.7 Å². The standard InChI is InChI=1S/C19H18F5N5O2/c1-9-7-28(8-11-6-25-17(29(9)11)18(2,31)19(22,23)24)16(30)15-14-12(21)4-10(20)5-13(14)26-27(15)3/h4-6,9,31H,7-8H2,1-3H3/t9-,18+/m0/s1. The first-order valence-electron chi connectivity index (χ1n) is 9.29. The first kappa shape index (κ1) is 21.2. The number of amides is 1. The minimum absolute atomic E-state index is 0.0153. The SMILES string of the molecule is C[C@H]1CN(C(=O)c2c3c(F)cc(F)cc3nn2C)Cc2cnc([C@@](C)(O)C(F)(F)F)n21. The number of nitrogens with zero attached hydrogens (tertiary/aromatic N) is 5. The number of hydrogen-bond acceptors (Lipinski definition) is 4. The molecule has 166 valence electrons. The summed E-state index contributed by atoms with van der Waals surface area (Å²) in [5.41, 5.74) is -3.02. The van der Waals surface area contributed by atoms with Crippen LogP contribution in [0.25, 0.3) is 10.9 Å². The Morgan fingerprint density at radius 3 is 2.58 bits per heavy atom. The normalized spacial score (nSPS) is 18.9. The molecule has 0 spiro atoms. The van der Waals surface area contributed by atoms with Gasteiger partial charge in [0.2, 0.25) is 5.60 Å². The number of aromatic nitrogens is 4. The average molecular weight is 443 g/mol. The summed E-state index contributed by atoms with van der Waals surface area (Å²) in [7, 11) is 1.42. The molecule has 31 heavy (non-hydrogen) atoms. The predicted molar refractivity (Wildman–Crippen MR) is 97.9 cm³/mol. The van der Waals surface area contributed by atoms with Gasteiger partial charge in [-0.3, -0.25) is 9.48 Å². The smallest absolute Gasteiger partial charge is 0.374 e. The van der Waals surface area contributed by atoms with Crippen LogP contribution in [0.1, 0.15) is 41.9 Å². The Hall–Kier alpha value is -3.02. The molecular formula is C19H18F5N5O2. The maximum absolute atomic E-state index is 14.4. The molecule has 2 atom stereocenters. The van der Waals surface area contributed by atoms with Gasteiger partial charge < -0.3 is 14.6 Å². The fraction of sp³-hybridized carbons (Fsp3) is 0.421. The Kier molecular flexibility index (Phi) is 4.61. The zero-order chi connectivity index (χ0) is 22.9. The highest BCUT2D eigenvalue weighted by Gasteiger charge is 2.55. The Labute approximate surface area is 172 Å². The van der Waals surface area contributed by atoms with Crippen molar-refractivity contribution in [2.75, 3.05) is 6.54 Å². The second kappa shape index (κ2) is 6.74. The number of aliphatic hydroxyl groups is 1. The van der Waals surface area contributed by atoms with Crippen LogP contribution in [0.4, 0.5) is 22.0 Å². The van der Waals surface area contributed by atoms with Gasteiger partial charge in [-0.05, 0) is 13.8 Å². The number of benzene rings is 1. The van der Waals surface area contributed by atoms with Crippen molar-refractivity contribution in [2.24, 2.45) is 7.05 Å². The lowest BCUT2D eigenvalue weighted by atomic mass is 10.0. The summed E-state index contributed by atoms with van der Waals surface area (Å²) in [6.45, 7) is 2.08. The van der Waals surface area contributed by atoms with E-state index >= 15 is 0 Å². The first-order chi connectivity index (χ1) is 14.3. The third-order valence-corrected chi connectivity index (χ3v) is 5.48. The lowest BCUT2D eigenvalue weighted by molar-refractivity contribution is -0.263. The van der Waals surface area contributed by atoms with Gasteiger partial charge in [0.15, 0.2) is 5.82 Å². The molecule has 0 unspecified atom stereocenters. The molecule has 0 saturated carbocycles. The third kappa shape index (κ3) is 3.16. The van der Waals surface area contributed by atoms with E-state index in [0.717, 1.165) is 10.7 Å². The van der Waals surface area contributed by atoms with Crippen molar-refractivity contribution in [3.05, 3.63) is 47.2 Å². The van der Waals surface area contributed by atoms with Crippen molar-refractivity contribution in [3.8, 4) is 0 Å². The highest BCUT2D eigenvalue weighted by Crippen LogP contribution is 2.40. The van der Waals surface area contributed by atoms with Crippen molar-refractivity contribution in [1.82, 2.24) is 24.2 Å². The van der Waals surface area contributed by atoms with Gasteiger partial charge in [0, 0.05) is 25.7 Å². The van der Waals surface area contributed by atoms with E-state index in [9.17, 15) is 31.9 Å². The summed E-state index contributed by atoms with van der Waals surface area (Å²) < 4.78 is 70.2. The monoisotopic (exact) mass is 443 g/mol. The van der Waals surface area contributed by atoms with Gasteiger partial charge in [0.05, 0.1) is 35.4 Å². The second-order valence-corrected chi connectivity index (χ2v) is 7.80. The Bertz CT molecular complexity index is 1200. The molecule has 4 rings (SSSR count). The van der Waals surface area contributed by atoms with E-state index in [1.807, 2.05) is 0 Å². The number of alkyl halides is 3. The van der Waals surface area contributed by atoms with Crippen LogP contribution in [0.5, 0.6) is 0 Å². The van der Waals surface area contributed by atoms with E-state index < -0.39 is 41.2 Å². The second-order valence-electron chi connectivity index (χ2n) is 7.80. The van der Waals surface area contributed by atoms with Crippen LogP contribution in [-0.2, 0) is 19.2 Å². The molecule has 0 fully saturated rings. The minimum atomic E-state index is -4.94. The van der Waals surface area contributed by atoms with E-state index in [1.54, 1.807) is 6.92 Å². The number of rotatable bonds is 2. The molecule has 3 aromatic rings. The molecule has 1 N–H and O–H groups in total. The Morgan fingerprint density at radius 1 is 1.26 bits per heavy atom. The minimum Gasteiger partial charge on any atom is -0.374 e. The number of halogens is 5. The Morgan fingerprint density at radius 2 is 1.94 bits per heavy atom. The zero-order valence-corrected chi connectivity index (χ0v) is 16.7. The molecular weight excluding hydrogens is 425 g/mol. The lowest BCUT2D eigenvalue weighted by Crippen LogP contribution is -2.46. The molecule has 1 aromatic carbocycles. The topological polar surface area (TPSA) is 76.2 Å². The summed E-state index contributed by atoms with van der Waals surface area (Å²) in [6.07, 6.45) is -3.77. The quantitative estimate of drug-likeness (QED) is 0.618. The molecule has 2 aromatic heterocycles. The largest absolute Gasteiger partial charge is 0.424 e. The maximum atomic E-state index is 14.4. The van der Waals surface area contributed by atoms with Crippen LogP contribution >= 0.6 is 0 Å². The van der Waals surface area contributed by atoms with Crippen molar-refractivity contribution in [1.29, 1.82) is 0 Å². The number of imidazole rings is 1. The number of carbonyl (C=O) groups is 1. The first-order valence-corrected chi connectivity index (χ1v) is 9.29. The maximum Gasteiger partial charge on any atom is 0.424 e. The summed E-state index contributed by atoms with van der Waals surface area (Å²) in [5, 5.41) is 13.9. The third-order valence-electron chi connectivity index (χ3n) is 5.48. The van der Waals surface area contributed by atoms with E-state index in [2.05, 4.69) is 10.1 Å². The lowest BCUT2D eigenvalue weighted by Gasteiger charge is -2.36. The molecule has 1 amide bonds. The molecule has 1 aliphatic rings. The van der Waals surface area contributed by atoms with Crippen molar-refractivity contribution in [3.63, 3.8) is 0 Å². The van der Waals surface area contributed by atoms with E-state index in [4.69, 9.17) is 0 Å². The van der Waals surface area contributed by atoms with E-state index in [0.29, 0.717) is 13.0 Å². The average Bonchev–Trinajstić information content (AvgIpc) is 3.21. The van der Waals surface area contributed by atoms with Crippen LogP contribution < -0.4 is 0 Å². The number of aryl methyl sites for hydroxylation is 1. The molecule has 7 nitrogen and oxygen atoms in total. The summed E-state index contributed by atoms with van der Waals surface area (Å²) in [4.78, 5) is 18.3. The van der Waals surface area contributed by atoms with Gasteiger partial charge in [0.1, 0.15) is 17.3 Å². The summed E-state index contributed by atoms with van der Waals surface area (Å²) in [5.74, 6) is -2.95. The molecule has 1 aliphatic heterocycles. The van der Waals surface area contributed by atoms with Gasteiger partial charge in [-0.15, -0.1) is 0 Å². The predicted octanol–water partition coefficient (Wildman–Crippen LogP) is 3.03. The Balaban J connectivity index is 1.73.